The van der Waals surface area contributed by atoms with Gasteiger partial charge in [0.1, 0.15) is 5.75 Å². The van der Waals surface area contributed by atoms with Crippen molar-refractivity contribution in [1.82, 2.24) is 10.2 Å². The second-order valence-electron chi connectivity index (χ2n) is 7.22. The van der Waals surface area contributed by atoms with E-state index in [2.05, 4.69) is 5.32 Å². The van der Waals surface area contributed by atoms with Crippen LogP contribution in [-0.4, -0.2) is 42.5 Å². The van der Waals surface area contributed by atoms with E-state index in [0.29, 0.717) is 25.3 Å². The van der Waals surface area contributed by atoms with E-state index in [1.807, 2.05) is 73.4 Å². The number of rotatable bonds is 6. The first-order valence-electron chi connectivity index (χ1n) is 10.1. The Bertz CT molecular complexity index is 866. The summed E-state index contributed by atoms with van der Waals surface area (Å²) in [4.78, 5) is 26.8. The zero-order valence-corrected chi connectivity index (χ0v) is 17.1. The Morgan fingerprint density at radius 1 is 1.10 bits per heavy atom. The van der Waals surface area contributed by atoms with Crippen molar-refractivity contribution in [1.29, 1.82) is 0 Å². The van der Waals surface area contributed by atoms with Crippen LogP contribution < -0.4 is 10.1 Å². The minimum absolute atomic E-state index is 0.00238. The largest absolute Gasteiger partial charge is 0.494 e. The topological polar surface area (TPSA) is 58.6 Å². The van der Waals surface area contributed by atoms with Crippen LogP contribution >= 0.6 is 0 Å². The highest BCUT2D eigenvalue weighted by Crippen LogP contribution is 2.15. The monoisotopic (exact) mass is 392 g/mol. The van der Waals surface area contributed by atoms with Gasteiger partial charge in [0.25, 0.3) is 5.91 Å². The molecule has 29 heavy (non-hydrogen) atoms. The van der Waals surface area contributed by atoms with E-state index in [1.54, 1.807) is 6.08 Å². The molecule has 1 N–H and O–H groups in total. The maximum atomic E-state index is 12.5. The lowest BCUT2D eigenvalue weighted by atomic mass is 10.0. The molecule has 0 bridgehead atoms. The van der Waals surface area contributed by atoms with E-state index in [1.165, 1.54) is 0 Å². The highest BCUT2D eigenvalue weighted by molar-refractivity contribution is 5.96. The molecular weight excluding hydrogens is 364 g/mol. The predicted molar refractivity (Wildman–Crippen MR) is 115 cm³/mol. The highest BCUT2D eigenvalue weighted by Gasteiger charge is 2.23. The average molecular weight is 392 g/mol. The van der Waals surface area contributed by atoms with Gasteiger partial charge in [0.2, 0.25) is 5.91 Å². The molecule has 2 amide bonds. The molecule has 0 radical (unpaired) electrons. The number of amides is 2. The lowest BCUT2D eigenvalue weighted by molar-refractivity contribution is -0.126. The smallest absolute Gasteiger partial charge is 0.251 e. The van der Waals surface area contributed by atoms with Crippen LogP contribution in [0.2, 0.25) is 0 Å². The molecule has 3 rings (SSSR count). The lowest BCUT2D eigenvalue weighted by Gasteiger charge is -2.31. The van der Waals surface area contributed by atoms with Gasteiger partial charge in [-0.1, -0.05) is 30.3 Å². The third-order valence-corrected chi connectivity index (χ3v) is 5.14. The zero-order valence-electron chi connectivity index (χ0n) is 17.1. The molecule has 152 valence electrons. The van der Waals surface area contributed by atoms with Crippen molar-refractivity contribution < 1.29 is 14.3 Å². The van der Waals surface area contributed by atoms with Crippen LogP contribution in [0.1, 0.15) is 41.3 Å². The van der Waals surface area contributed by atoms with Crippen molar-refractivity contribution in [2.75, 3.05) is 19.7 Å². The zero-order chi connectivity index (χ0) is 20.6. The highest BCUT2D eigenvalue weighted by atomic mass is 16.5. The summed E-state index contributed by atoms with van der Waals surface area (Å²) in [5, 5.41) is 3.10. The van der Waals surface area contributed by atoms with E-state index in [-0.39, 0.29) is 17.9 Å². The molecule has 5 heteroatoms. The molecule has 0 saturated carbocycles. The lowest BCUT2D eigenvalue weighted by Crippen LogP contribution is -2.46. The maximum absolute atomic E-state index is 12.5. The molecule has 0 spiro atoms. The summed E-state index contributed by atoms with van der Waals surface area (Å²) in [5.74, 6) is 0.789. The fraction of sp³-hybridized carbons (Fsp3) is 0.333. The number of carbonyl (C=O) groups is 2. The van der Waals surface area contributed by atoms with Crippen LogP contribution in [0.4, 0.5) is 0 Å². The van der Waals surface area contributed by atoms with Crippen molar-refractivity contribution in [3.05, 3.63) is 71.3 Å². The van der Waals surface area contributed by atoms with Gasteiger partial charge in [-0.05, 0) is 62.1 Å². The first kappa shape index (κ1) is 20.6. The number of hydrogen-bond donors (Lipinski definition) is 1. The van der Waals surface area contributed by atoms with Gasteiger partial charge in [-0.3, -0.25) is 9.59 Å². The molecule has 1 saturated heterocycles. The SMILES string of the molecule is CCOc1ccc(/C=C/C(=O)N2CCC(NC(=O)c3ccccc3C)CC2)cc1. The minimum atomic E-state index is -0.0386. The van der Waals surface area contributed by atoms with Gasteiger partial charge in [-0.25, -0.2) is 0 Å². The maximum Gasteiger partial charge on any atom is 0.251 e. The molecule has 1 aliphatic heterocycles. The van der Waals surface area contributed by atoms with Crippen LogP contribution in [0.5, 0.6) is 5.75 Å². The Labute approximate surface area is 172 Å². The molecule has 0 aliphatic carbocycles. The van der Waals surface area contributed by atoms with Crippen LogP contribution in [0.3, 0.4) is 0 Å². The van der Waals surface area contributed by atoms with Crippen LogP contribution in [0.25, 0.3) is 6.08 Å². The first-order chi connectivity index (χ1) is 14.1. The fourth-order valence-electron chi connectivity index (χ4n) is 3.45. The summed E-state index contributed by atoms with van der Waals surface area (Å²) in [6.45, 7) is 5.81. The van der Waals surface area contributed by atoms with Gasteiger partial charge in [0.15, 0.2) is 0 Å². The fourth-order valence-corrected chi connectivity index (χ4v) is 3.45. The molecule has 1 aliphatic rings. The van der Waals surface area contributed by atoms with Gasteiger partial charge in [-0.2, -0.15) is 0 Å². The van der Waals surface area contributed by atoms with Crippen LogP contribution in [-0.2, 0) is 4.79 Å². The summed E-state index contributed by atoms with van der Waals surface area (Å²) >= 11 is 0. The van der Waals surface area contributed by atoms with E-state index in [4.69, 9.17) is 4.74 Å². The van der Waals surface area contributed by atoms with Gasteiger partial charge >= 0.3 is 0 Å². The summed E-state index contributed by atoms with van der Waals surface area (Å²) in [5.41, 5.74) is 2.64. The summed E-state index contributed by atoms with van der Waals surface area (Å²) in [7, 11) is 0. The number of nitrogens with zero attached hydrogens (tertiary/aromatic N) is 1. The average Bonchev–Trinajstić information content (AvgIpc) is 2.74. The summed E-state index contributed by atoms with van der Waals surface area (Å²) in [6, 6.07) is 15.3. The second-order valence-corrected chi connectivity index (χ2v) is 7.22. The van der Waals surface area contributed by atoms with E-state index in [0.717, 1.165) is 29.7 Å². The molecule has 5 nitrogen and oxygen atoms in total. The molecule has 0 aromatic heterocycles. The van der Waals surface area contributed by atoms with E-state index >= 15 is 0 Å². The van der Waals surface area contributed by atoms with Crippen LogP contribution in [0, 0.1) is 6.92 Å². The van der Waals surface area contributed by atoms with Crippen molar-refractivity contribution in [2.24, 2.45) is 0 Å². The molecular formula is C24H28N2O3. The third kappa shape index (κ3) is 5.70. The first-order valence-corrected chi connectivity index (χ1v) is 10.1. The predicted octanol–water partition coefficient (Wildman–Crippen LogP) is 3.83. The van der Waals surface area contributed by atoms with Crippen molar-refractivity contribution >= 4 is 17.9 Å². The quantitative estimate of drug-likeness (QED) is 0.760. The number of carbonyl (C=O) groups excluding carboxylic acids is 2. The normalized spacial score (nSPS) is 14.8. The Balaban J connectivity index is 1.48. The van der Waals surface area contributed by atoms with Gasteiger partial charge in [-0.15, -0.1) is 0 Å². The Kier molecular flexibility index (Phi) is 7.06. The van der Waals surface area contributed by atoms with Gasteiger partial charge < -0.3 is 15.0 Å². The molecule has 0 atom stereocenters. The number of likely N-dealkylation sites (tertiary alicyclic amines) is 1. The second kappa shape index (κ2) is 9.92. The molecule has 1 heterocycles. The molecule has 0 unspecified atom stereocenters. The minimum Gasteiger partial charge on any atom is -0.494 e. The third-order valence-electron chi connectivity index (χ3n) is 5.14. The van der Waals surface area contributed by atoms with E-state index in [9.17, 15) is 9.59 Å². The van der Waals surface area contributed by atoms with Crippen molar-refractivity contribution in [3.63, 3.8) is 0 Å². The number of nitrogens with one attached hydrogen (secondary N) is 1. The standard InChI is InChI=1S/C24H28N2O3/c1-3-29-21-11-8-19(9-12-21)10-13-23(27)26-16-14-20(15-17-26)25-24(28)22-7-5-4-6-18(22)2/h4-13,20H,3,14-17H2,1-2H3,(H,25,28)/b13-10+. The Hall–Kier alpha value is -3.08. The number of hydrogen-bond acceptors (Lipinski definition) is 3. The molecule has 1 fully saturated rings. The number of ether oxygens (including phenoxy) is 1. The van der Waals surface area contributed by atoms with E-state index < -0.39 is 0 Å². The van der Waals surface area contributed by atoms with Crippen LogP contribution in [0.15, 0.2) is 54.6 Å². The molecule has 2 aromatic carbocycles. The Morgan fingerprint density at radius 2 is 1.79 bits per heavy atom. The van der Waals surface area contributed by atoms with Gasteiger partial charge in [0.05, 0.1) is 6.61 Å². The number of aryl methyl sites for hydroxylation is 1. The van der Waals surface area contributed by atoms with Crippen molar-refractivity contribution in [3.8, 4) is 5.75 Å². The number of benzene rings is 2. The summed E-state index contributed by atoms with van der Waals surface area (Å²) < 4.78 is 5.42. The summed E-state index contributed by atoms with van der Waals surface area (Å²) in [6.07, 6.45) is 4.96. The van der Waals surface area contributed by atoms with Crippen molar-refractivity contribution in [2.45, 2.75) is 32.7 Å². The number of piperidine rings is 1. The molecule has 2 aromatic rings. The van der Waals surface area contributed by atoms with Gasteiger partial charge in [0, 0.05) is 30.8 Å². The Morgan fingerprint density at radius 3 is 2.45 bits per heavy atom.